The van der Waals surface area contributed by atoms with E-state index < -0.39 is 5.91 Å². The molecule has 0 saturated heterocycles. The number of rotatable bonds is 3. The molecule has 5 rings (SSSR count). The molecule has 1 aliphatic carbocycles. The van der Waals surface area contributed by atoms with Crippen LogP contribution in [0.2, 0.25) is 0 Å². The van der Waals surface area contributed by atoms with Crippen molar-refractivity contribution < 1.29 is 9.21 Å². The number of nitrogens with zero attached hydrogens (tertiary/aromatic N) is 4. The van der Waals surface area contributed by atoms with Gasteiger partial charge in [-0.1, -0.05) is 23.3 Å². The molecule has 28 heavy (non-hydrogen) atoms. The third-order valence-corrected chi connectivity index (χ3v) is 4.92. The van der Waals surface area contributed by atoms with Gasteiger partial charge in [0, 0.05) is 5.56 Å². The Bertz CT molecular complexity index is 1180. The summed E-state index contributed by atoms with van der Waals surface area (Å²) in [6.07, 6.45) is 6.06. The van der Waals surface area contributed by atoms with Gasteiger partial charge in [0.1, 0.15) is 5.69 Å². The van der Waals surface area contributed by atoms with E-state index in [0.29, 0.717) is 11.4 Å². The number of nitrogens with one attached hydrogen (secondary N) is 1. The monoisotopic (exact) mass is 371 g/mol. The summed E-state index contributed by atoms with van der Waals surface area (Å²) >= 11 is 0. The topological polar surface area (TPSA) is 93.8 Å². The standard InChI is InChI=1S/C21H17N5O2/c27-19(18-12-22-16-7-3-4-8-17(16)23-18)24-21-26-25-20(28-21)15-10-9-13-5-1-2-6-14(13)11-15/h3-4,7-12H,1-2,5-6H2,(H,24,26,27). The number of aryl methyl sites for hydroxylation is 2. The molecule has 0 atom stereocenters. The fourth-order valence-electron chi connectivity index (χ4n) is 3.48. The molecule has 1 amide bonds. The van der Waals surface area contributed by atoms with Crippen LogP contribution in [0.4, 0.5) is 6.01 Å². The number of hydrogen-bond acceptors (Lipinski definition) is 6. The van der Waals surface area contributed by atoms with Gasteiger partial charge in [0.15, 0.2) is 0 Å². The van der Waals surface area contributed by atoms with Crippen LogP contribution in [0.3, 0.4) is 0 Å². The third kappa shape index (κ3) is 3.11. The summed E-state index contributed by atoms with van der Waals surface area (Å²) in [5.41, 5.74) is 5.14. The average molecular weight is 371 g/mol. The van der Waals surface area contributed by atoms with Gasteiger partial charge in [-0.15, -0.1) is 5.10 Å². The van der Waals surface area contributed by atoms with Crippen molar-refractivity contribution in [2.24, 2.45) is 0 Å². The zero-order chi connectivity index (χ0) is 18.9. The number of para-hydroxylation sites is 2. The van der Waals surface area contributed by atoms with Gasteiger partial charge in [0.25, 0.3) is 5.91 Å². The highest BCUT2D eigenvalue weighted by Crippen LogP contribution is 2.27. The predicted molar refractivity (Wildman–Crippen MR) is 104 cm³/mol. The number of fused-ring (bicyclic) bond motifs is 2. The van der Waals surface area contributed by atoms with Crippen LogP contribution < -0.4 is 5.32 Å². The maximum Gasteiger partial charge on any atom is 0.322 e. The van der Waals surface area contributed by atoms with Crippen molar-refractivity contribution in [2.75, 3.05) is 5.32 Å². The Morgan fingerprint density at radius 1 is 0.964 bits per heavy atom. The second-order valence-corrected chi connectivity index (χ2v) is 6.80. The first-order chi connectivity index (χ1) is 13.8. The first kappa shape index (κ1) is 16.6. The molecule has 0 unspecified atom stereocenters. The Morgan fingerprint density at radius 3 is 2.68 bits per heavy atom. The first-order valence-corrected chi connectivity index (χ1v) is 9.25. The predicted octanol–water partition coefficient (Wildman–Crippen LogP) is 3.81. The van der Waals surface area contributed by atoms with Gasteiger partial charge in [-0.2, -0.15) is 0 Å². The van der Waals surface area contributed by atoms with Crippen molar-refractivity contribution in [3.63, 3.8) is 0 Å². The van der Waals surface area contributed by atoms with Crippen molar-refractivity contribution in [3.8, 4) is 11.5 Å². The number of carbonyl (C=O) groups excluding carboxylic acids is 1. The Kier molecular flexibility index (Phi) is 4.05. The van der Waals surface area contributed by atoms with E-state index in [1.165, 1.54) is 30.2 Å². The van der Waals surface area contributed by atoms with Crippen molar-refractivity contribution >= 4 is 23.0 Å². The van der Waals surface area contributed by atoms with Gasteiger partial charge in [-0.3, -0.25) is 15.1 Å². The molecule has 0 bridgehead atoms. The lowest BCUT2D eigenvalue weighted by Gasteiger charge is -2.15. The molecule has 0 spiro atoms. The second kappa shape index (κ2) is 6.84. The molecular weight excluding hydrogens is 354 g/mol. The summed E-state index contributed by atoms with van der Waals surface area (Å²) < 4.78 is 5.64. The second-order valence-electron chi connectivity index (χ2n) is 6.80. The maximum absolute atomic E-state index is 12.5. The van der Waals surface area contributed by atoms with Gasteiger partial charge >= 0.3 is 6.01 Å². The SMILES string of the molecule is O=C(Nc1nnc(-c2ccc3c(c2)CCCC3)o1)c1cnc2ccccc2n1. The number of amides is 1. The minimum Gasteiger partial charge on any atom is -0.403 e. The molecule has 0 aliphatic heterocycles. The molecule has 4 aromatic rings. The summed E-state index contributed by atoms with van der Waals surface area (Å²) in [4.78, 5) is 21.0. The maximum atomic E-state index is 12.5. The Labute approximate surface area is 160 Å². The number of anilines is 1. The van der Waals surface area contributed by atoms with Crippen LogP contribution >= 0.6 is 0 Å². The van der Waals surface area contributed by atoms with Crippen LogP contribution in [0.25, 0.3) is 22.5 Å². The van der Waals surface area contributed by atoms with Crippen molar-refractivity contribution in [1.29, 1.82) is 0 Å². The number of hydrogen-bond donors (Lipinski definition) is 1. The third-order valence-electron chi connectivity index (χ3n) is 4.92. The van der Waals surface area contributed by atoms with Crippen LogP contribution in [0, 0.1) is 0 Å². The van der Waals surface area contributed by atoms with Gasteiger partial charge in [0.05, 0.1) is 17.2 Å². The smallest absolute Gasteiger partial charge is 0.322 e. The highest BCUT2D eigenvalue weighted by Gasteiger charge is 2.16. The van der Waals surface area contributed by atoms with Gasteiger partial charge < -0.3 is 4.42 Å². The lowest BCUT2D eigenvalue weighted by atomic mass is 9.90. The van der Waals surface area contributed by atoms with E-state index in [-0.39, 0.29) is 11.7 Å². The first-order valence-electron chi connectivity index (χ1n) is 9.25. The van der Waals surface area contributed by atoms with Gasteiger partial charge in [-0.05, 0) is 61.1 Å². The molecule has 0 saturated carbocycles. The fraction of sp³-hybridized carbons (Fsp3) is 0.190. The van der Waals surface area contributed by atoms with E-state index in [2.05, 4.69) is 37.6 Å². The zero-order valence-electron chi connectivity index (χ0n) is 15.1. The summed E-state index contributed by atoms with van der Waals surface area (Å²) in [7, 11) is 0. The quantitative estimate of drug-likeness (QED) is 0.588. The van der Waals surface area contributed by atoms with Crippen molar-refractivity contribution in [1.82, 2.24) is 20.2 Å². The van der Waals surface area contributed by atoms with Crippen LogP contribution in [0.5, 0.6) is 0 Å². The molecule has 138 valence electrons. The molecule has 1 aliphatic rings. The summed E-state index contributed by atoms with van der Waals surface area (Å²) in [5, 5.41) is 10.6. The van der Waals surface area contributed by atoms with E-state index in [1.54, 1.807) is 6.07 Å². The molecule has 1 N–H and O–H groups in total. The highest BCUT2D eigenvalue weighted by molar-refractivity contribution is 6.02. The highest BCUT2D eigenvalue weighted by atomic mass is 16.4. The molecule has 2 heterocycles. The van der Waals surface area contributed by atoms with E-state index in [4.69, 9.17) is 4.42 Å². The normalized spacial score (nSPS) is 13.3. The summed E-state index contributed by atoms with van der Waals surface area (Å²) in [5.74, 6) is -0.0628. The van der Waals surface area contributed by atoms with Crippen molar-refractivity contribution in [2.45, 2.75) is 25.7 Å². The molecule has 0 fully saturated rings. The molecule has 2 aromatic carbocycles. The van der Waals surface area contributed by atoms with E-state index in [1.807, 2.05) is 24.3 Å². The van der Waals surface area contributed by atoms with E-state index in [9.17, 15) is 4.79 Å². The lowest BCUT2D eigenvalue weighted by molar-refractivity contribution is 0.101. The van der Waals surface area contributed by atoms with Crippen LogP contribution in [0.15, 0.2) is 53.1 Å². The Balaban J connectivity index is 1.36. The summed E-state index contributed by atoms with van der Waals surface area (Å²) in [6, 6.07) is 13.6. The lowest BCUT2D eigenvalue weighted by Crippen LogP contribution is -2.14. The van der Waals surface area contributed by atoms with Crippen LogP contribution in [0.1, 0.15) is 34.5 Å². The van der Waals surface area contributed by atoms with E-state index >= 15 is 0 Å². The molecule has 2 aromatic heterocycles. The minimum atomic E-state index is -0.445. The van der Waals surface area contributed by atoms with Crippen LogP contribution in [-0.4, -0.2) is 26.1 Å². The average Bonchev–Trinajstić information content (AvgIpc) is 3.21. The minimum absolute atomic E-state index is 0.0349. The number of carbonyl (C=O) groups is 1. The van der Waals surface area contributed by atoms with Crippen molar-refractivity contribution in [3.05, 3.63) is 65.5 Å². The van der Waals surface area contributed by atoms with E-state index in [0.717, 1.165) is 23.9 Å². The van der Waals surface area contributed by atoms with Gasteiger partial charge in [0.2, 0.25) is 5.89 Å². The molecular formula is C21H17N5O2. The fourth-order valence-corrected chi connectivity index (χ4v) is 3.48. The summed E-state index contributed by atoms with van der Waals surface area (Å²) in [6.45, 7) is 0. The largest absolute Gasteiger partial charge is 0.403 e. The molecule has 7 heteroatoms. The number of benzene rings is 2. The zero-order valence-corrected chi connectivity index (χ0v) is 15.1. The van der Waals surface area contributed by atoms with Crippen LogP contribution in [-0.2, 0) is 12.8 Å². The molecule has 0 radical (unpaired) electrons. The van der Waals surface area contributed by atoms with Gasteiger partial charge in [-0.25, -0.2) is 4.98 Å². The Morgan fingerprint density at radius 2 is 1.79 bits per heavy atom. The Hall–Kier alpha value is -3.61. The molecule has 7 nitrogen and oxygen atoms in total. The number of aromatic nitrogens is 4.